The van der Waals surface area contributed by atoms with Crippen LogP contribution in [0.5, 0.6) is 17.2 Å². The van der Waals surface area contributed by atoms with Gasteiger partial charge in [-0.25, -0.2) is 0 Å². The molecule has 4 rings (SSSR count). The Bertz CT molecular complexity index is 1250. The fraction of sp³-hybridized carbons (Fsp3) is 0.214. The van der Waals surface area contributed by atoms with Crippen LogP contribution in [-0.4, -0.2) is 42.5 Å². The molecule has 1 N–H and O–H groups in total. The highest BCUT2D eigenvalue weighted by Gasteiger charge is 2.46. The van der Waals surface area contributed by atoms with Gasteiger partial charge in [0.2, 0.25) is 0 Å². The van der Waals surface area contributed by atoms with Crippen LogP contribution in [0.1, 0.15) is 29.7 Å². The van der Waals surface area contributed by atoms with Crippen LogP contribution in [0.2, 0.25) is 0 Å². The summed E-state index contributed by atoms with van der Waals surface area (Å²) in [7, 11) is 3.11. The third-order valence-corrected chi connectivity index (χ3v) is 5.90. The number of ether oxygens (including phenoxy) is 3. The maximum absolute atomic E-state index is 13.2. The number of benzene rings is 3. The van der Waals surface area contributed by atoms with Crippen LogP contribution in [0.25, 0.3) is 5.76 Å². The molecule has 35 heavy (non-hydrogen) atoms. The van der Waals surface area contributed by atoms with Gasteiger partial charge in [0.1, 0.15) is 23.0 Å². The van der Waals surface area contributed by atoms with Gasteiger partial charge in [-0.05, 0) is 66.6 Å². The number of aliphatic hydroxyl groups excluding tert-OH is 1. The lowest BCUT2D eigenvalue weighted by Gasteiger charge is -2.26. The second-order valence-electron chi connectivity index (χ2n) is 8.01. The van der Waals surface area contributed by atoms with Gasteiger partial charge in [0.15, 0.2) is 0 Å². The molecule has 0 aromatic heterocycles. The number of carbonyl (C=O) groups excluding carboxylic acids is 2. The lowest BCUT2D eigenvalue weighted by molar-refractivity contribution is -0.140. The highest BCUT2D eigenvalue weighted by Crippen LogP contribution is 2.41. The second kappa shape index (κ2) is 10.3. The summed E-state index contributed by atoms with van der Waals surface area (Å²) in [6, 6.07) is 20.4. The molecule has 0 spiro atoms. The summed E-state index contributed by atoms with van der Waals surface area (Å²) >= 11 is 0. The second-order valence-corrected chi connectivity index (χ2v) is 8.01. The maximum atomic E-state index is 13.2. The number of ketones is 1. The lowest BCUT2D eigenvalue weighted by Crippen LogP contribution is -2.29. The molecule has 1 fully saturated rings. The first-order valence-electron chi connectivity index (χ1n) is 11.2. The minimum atomic E-state index is -0.779. The van der Waals surface area contributed by atoms with Crippen molar-refractivity contribution in [3.05, 3.63) is 95.1 Å². The molecule has 1 heterocycles. The number of carbonyl (C=O) groups is 2. The molecule has 3 aromatic rings. The zero-order chi connectivity index (χ0) is 24.9. The van der Waals surface area contributed by atoms with E-state index in [4.69, 9.17) is 14.2 Å². The van der Waals surface area contributed by atoms with Crippen LogP contribution in [0.15, 0.2) is 78.4 Å². The van der Waals surface area contributed by atoms with Crippen molar-refractivity contribution in [2.75, 3.05) is 20.8 Å². The van der Waals surface area contributed by atoms with E-state index in [2.05, 4.69) is 0 Å². The Labute approximate surface area is 204 Å². The Hall–Kier alpha value is -4.26. The zero-order valence-electron chi connectivity index (χ0n) is 19.9. The number of likely N-dealkylation sites (tertiary alicyclic amines) is 1. The van der Waals surface area contributed by atoms with E-state index in [0.717, 1.165) is 5.56 Å². The number of hydrogen-bond acceptors (Lipinski definition) is 6. The van der Waals surface area contributed by atoms with Crippen molar-refractivity contribution >= 4 is 17.4 Å². The third-order valence-electron chi connectivity index (χ3n) is 5.90. The van der Waals surface area contributed by atoms with E-state index < -0.39 is 17.7 Å². The van der Waals surface area contributed by atoms with E-state index in [1.54, 1.807) is 62.8 Å². The first kappa shape index (κ1) is 23.9. The predicted molar refractivity (Wildman–Crippen MR) is 131 cm³/mol. The van der Waals surface area contributed by atoms with Crippen molar-refractivity contribution < 1.29 is 28.9 Å². The van der Waals surface area contributed by atoms with Crippen LogP contribution in [0, 0.1) is 0 Å². The molecular formula is C28H27NO6. The molecule has 0 saturated carbocycles. The highest BCUT2D eigenvalue weighted by atomic mass is 16.5. The van der Waals surface area contributed by atoms with Gasteiger partial charge in [-0.1, -0.05) is 24.3 Å². The Morgan fingerprint density at radius 2 is 1.51 bits per heavy atom. The molecule has 1 aliphatic rings. The minimum absolute atomic E-state index is 0.0336. The molecule has 180 valence electrons. The summed E-state index contributed by atoms with van der Waals surface area (Å²) in [5, 5.41) is 11.2. The largest absolute Gasteiger partial charge is 0.507 e. The van der Waals surface area contributed by atoms with Crippen molar-refractivity contribution in [2.45, 2.75) is 19.5 Å². The number of aliphatic hydroxyl groups is 1. The standard InChI is InChI=1S/C28H27NO6/c1-4-35-23-7-5-6-18(16-23)17-29-25(19-8-12-21(33-2)13-9-19)24(27(31)28(29)32)26(30)20-10-14-22(34-3)15-11-20/h5-16,25,30H,4,17H2,1-3H3/b26-24-. The van der Waals surface area contributed by atoms with Crippen LogP contribution in [0.4, 0.5) is 0 Å². The van der Waals surface area contributed by atoms with Crippen LogP contribution >= 0.6 is 0 Å². The topological polar surface area (TPSA) is 85.3 Å². The molecule has 7 heteroatoms. The quantitative estimate of drug-likeness (QED) is 0.289. The summed E-state index contributed by atoms with van der Waals surface area (Å²) in [5.41, 5.74) is 1.94. The van der Waals surface area contributed by atoms with E-state index in [-0.39, 0.29) is 17.9 Å². The van der Waals surface area contributed by atoms with Crippen LogP contribution in [-0.2, 0) is 16.1 Å². The van der Waals surface area contributed by atoms with E-state index in [9.17, 15) is 14.7 Å². The van der Waals surface area contributed by atoms with Gasteiger partial charge in [0.25, 0.3) is 11.7 Å². The summed E-state index contributed by atoms with van der Waals surface area (Å²) in [6.07, 6.45) is 0. The maximum Gasteiger partial charge on any atom is 0.295 e. The van der Waals surface area contributed by atoms with Gasteiger partial charge < -0.3 is 24.2 Å². The van der Waals surface area contributed by atoms with Gasteiger partial charge in [0.05, 0.1) is 32.4 Å². The van der Waals surface area contributed by atoms with E-state index in [1.807, 2.05) is 31.2 Å². The highest BCUT2D eigenvalue weighted by molar-refractivity contribution is 6.46. The molecule has 3 aromatic carbocycles. The zero-order valence-corrected chi connectivity index (χ0v) is 19.9. The number of methoxy groups -OCH3 is 2. The van der Waals surface area contributed by atoms with Crippen molar-refractivity contribution in [1.29, 1.82) is 0 Å². The summed E-state index contributed by atoms with van der Waals surface area (Å²) in [5.74, 6) is 0.286. The lowest BCUT2D eigenvalue weighted by atomic mass is 9.95. The SMILES string of the molecule is CCOc1cccc(CN2C(=O)C(=O)/C(=C(\O)c3ccc(OC)cc3)C2c2ccc(OC)cc2)c1. The Morgan fingerprint density at radius 1 is 0.886 bits per heavy atom. The minimum Gasteiger partial charge on any atom is -0.507 e. The molecule has 1 saturated heterocycles. The fourth-order valence-corrected chi connectivity index (χ4v) is 4.18. The first-order chi connectivity index (χ1) is 17.0. The molecule has 0 aliphatic carbocycles. The van der Waals surface area contributed by atoms with Gasteiger partial charge >= 0.3 is 0 Å². The predicted octanol–water partition coefficient (Wildman–Crippen LogP) is 4.72. The molecule has 0 bridgehead atoms. The number of hydrogen-bond donors (Lipinski definition) is 1. The molecule has 1 aliphatic heterocycles. The average Bonchev–Trinajstić information content (AvgIpc) is 3.13. The molecular weight excluding hydrogens is 446 g/mol. The summed E-state index contributed by atoms with van der Waals surface area (Å²) in [6.45, 7) is 2.58. The van der Waals surface area contributed by atoms with E-state index in [0.29, 0.717) is 35.0 Å². The fourth-order valence-electron chi connectivity index (χ4n) is 4.18. The van der Waals surface area contributed by atoms with Crippen molar-refractivity contribution in [1.82, 2.24) is 4.90 Å². The number of nitrogens with zero attached hydrogens (tertiary/aromatic N) is 1. The number of Topliss-reactive ketones (excluding diaryl/α,β-unsaturated/α-hetero) is 1. The Morgan fingerprint density at radius 3 is 2.11 bits per heavy atom. The Kier molecular flexibility index (Phi) is 7.06. The van der Waals surface area contributed by atoms with Crippen molar-refractivity contribution in [3.63, 3.8) is 0 Å². The molecule has 7 nitrogen and oxygen atoms in total. The van der Waals surface area contributed by atoms with E-state index in [1.165, 1.54) is 4.90 Å². The van der Waals surface area contributed by atoms with Crippen LogP contribution < -0.4 is 14.2 Å². The number of rotatable bonds is 8. The average molecular weight is 474 g/mol. The van der Waals surface area contributed by atoms with Crippen molar-refractivity contribution in [2.24, 2.45) is 0 Å². The number of amides is 1. The molecule has 0 radical (unpaired) electrons. The Balaban J connectivity index is 1.81. The summed E-state index contributed by atoms with van der Waals surface area (Å²) < 4.78 is 16.0. The molecule has 1 amide bonds. The summed E-state index contributed by atoms with van der Waals surface area (Å²) in [4.78, 5) is 27.9. The molecule has 1 unspecified atom stereocenters. The van der Waals surface area contributed by atoms with Gasteiger partial charge in [-0.2, -0.15) is 0 Å². The van der Waals surface area contributed by atoms with Gasteiger partial charge in [-0.15, -0.1) is 0 Å². The van der Waals surface area contributed by atoms with Gasteiger partial charge in [-0.3, -0.25) is 9.59 Å². The van der Waals surface area contributed by atoms with E-state index >= 15 is 0 Å². The third kappa shape index (κ3) is 4.84. The van der Waals surface area contributed by atoms with Crippen LogP contribution in [0.3, 0.4) is 0 Å². The first-order valence-corrected chi connectivity index (χ1v) is 11.2. The van der Waals surface area contributed by atoms with Crippen molar-refractivity contribution in [3.8, 4) is 17.2 Å². The normalized spacial score (nSPS) is 16.9. The van der Waals surface area contributed by atoms with Gasteiger partial charge in [0, 0.05) is 12.1 Å². The monoisotopic (exact) mass is 473 g/mol. The molecule has 1 atom stereocenters. The smallest absolute Gasteiger partial charge is 0.295 e.